The van der Waals surface area contributed by atoms with Gasteiger partial charge in [0.15, 0.2) is 0 Å². The number of ether oxygens (including phenoxy) is 1. The van der Waals surface area contributed by atoms with E-state index in [1.807, 2.05) is 43.3 Å². The highest BCUT2D eigenvalue weighted by Crippen LogP contribution is 2.40. The quantitative estimate of drug-likeness (QED) is 0.493. The largest absolute Gasteiger partial charge is 0.365 e. The molecule has 2 aromatic carbocycles. The lowest BCUT2D eigenvalue weighted by Crippen LogP contribution is -2.37. The van der Waals surface area contributed by atoms with E-state index >= 15 is 0 Å². The van der Waals surface area contributed by atoms with E-state index in [1.54, 1.807) is 19.2 Å². The van der Waals surface area contributed by atoms with Crippen LogP contribution in [0.15, 0.2) is 58.1 Å². The first kappa shape index (κ1) is 20.0. The zero-order chi connectivity index (χ0) is 22.6. The Morgan fingerprint density at radius 1 is 1.00 bits per heavy atom. The molecule has 0 saturated heterocycles. The predicted octanol–water partition coefficient (Wildman–Crippen LogP) is 3.01. The molecule has 1 aliphatic heterocycles. The molecule has 0 radical (unpaired) electrons. The van der Waals surface area contributed by atoms with E-state index < -0.39 is 6.10 Å². The number of hydrogen-bond donors (Lipinski definition) is 0. The molecule has 0 spiro atoms. The third kappa shape index (κ3) is 2.84. The van der Waals surface area contributed by atoms with Crippen LogP contribution in [0, 0.1) is 18.3 Å². The second-order valence-electron chi connectivity index (χ2n) is 8.17. The summed E-state index contributed by atoms with van der Waals surface area (Å²) in [4.78, 5) is 26.2. The summed E-state index contributed by atoms with van der Waals surface area (Å²) >= 11 is 0. The molecule has 0 unspecified atom stereocenters. The first-order valence-corrected chi connectivity index (χ1v) is 10.4. The molecule has 7 nitrogen and oxygen atoms in total. The van der Waals surface area contributed by atoms with Crippen molar-refractivity contribution >= 4 is 10.9 Å². The van der Waals surface area contributed by atoms with E-state index in [4.69, 9.17) is 10.00 Å². The van der Waals surface area contributed by atoms with Gasteiger partial charge >= 0.3 is 5.69 Å². The summed E-state index contributed by atoms with van der Waals surface area (Å²) in [7, 11) is 3.20. The van der Waals surface area contributed by atoms with E-state index in [-0.39, 0.29) is 11.2 Å². The molecule has 0 fully saturated rings. The van der Waals surface area contributed by atoms with Crippen molar-refractivity contribution in [3.63, 3.8) is 0 Å². The molecule has 0 aliphatic carbocycles. The first-order valence-electron chi connectivity index (χ1n) is 10.4. The summed E-state index contributed by atoms with van der Waals surface area (Å²) in [5, 5.41) is 9.66. The van der Waals surface area contributed by atoms with Crippen molar-refractivity contribution < 1.29 is 4.74 Å². The summed E-state index contributed by atoms with van der Waals surface area (Å²) in [6, 6.07) is 17.4. The summed E-state index contributed by atoms with van der Waals surface area (Å²) < 4.78 is 11.0. The lowest BCUT2D eigenvalue weighted by molar-refractivity contribution is 0.0478. The van der Waals surface area contributed by atoms with Crippen molar-refractivity contribution in [2.75, 3.05) is 6.61 Å². The van der Waals surface area contributed by atoms with E-state index in [0.29, 0.717) is 29.6 Å². The van der Waals surface area contributed by atoms with Crippen molar-refractivity contribution in [2.24, 2.45) is 14.1 Å². The van der Waals surface area contributed by atoms with Gasteiger partial charge in [-0.2, -0.15) is 5.26 Å². The Morgan fingerprint density at radius 2 is 1.69 bits per heavy atom. The molecule has 0 amide bonds. The number of rotatable bonds is 2. The Morgan fingerprint density at radius 3 is 2.34 bits per heavy atom. The lowest BCUT2D eigenvalue weighted by Gasteiger charge is -2.27. The van der Waals surface area contributed by atoms with Crippen molar-refractivity contribution in [1.29, 1.82) is 5.26 Å². The molecular weight excluding hydrogens is 404 g/mol. The summed E-state index contributed by atoms with van der Waals surface area (Å²) in [6.45, 7) is 3.05. The van der Waals surface area contributed by atoms with Gasteiger partial charge in [-0.05, 0) is 30.2 Å². The van der Waals surface area contributed by atoms with Crippen LogP contribution in [0.3, 0.4) is 0 Å². The maximum atomic E-state index is 13.4. The first-order chi connectivity index (χ1) is 15.4. The SMILES string of the molecule is Cc1ccc(-c2c3c(=O)n(C)c(=O)n(C)c3c3n2CCO[C@@H]3c2ccc(C#N)cc2)cc1. The van der Waals surface area contributed by atoms with Gasteiger partial charge in [-0.15, -0.1) is 0 Å². The Labute approximate surface area is 184 Å². The molecule has 0 saturated carbocycles. The fourth-order valence-corrected chi connectivity index (χ4v) is 4.58. The van der Waals surface area contributed by atoms with Gasteiger partial charge in [0.1, 0.15) is 6.10 Å². The summed E-state index contributed by atoms with van der Waals surface area (Å²) in [5.41, 5.74) is 4.94. The fraction of sp³-hybridized carbons (Fsp3) is 0.240. The zero-order valence-electron chi connectivity index (χ0n) is 18.1. The number of hydrogen-bond acceptors (Lipinski definition) is 4. The Kier molecular flexibility index (Phi) is 4.61. The zero-order valence-corrected chi connectivity index (χ0v) is 18.1. The van der Waals surface area contributed by atoms with Crippen LogP contribution < -0.4 is 11.2 Å². The number of benzene rings is 2. The summed E-state index contributed by atoms with van der Waals surface area (Å²) in [6.07, 6.45) is -0.462. The Bertz CT molecular complexity index is 1510. The number of aryl methyl sites for hydroxylation is 2. The van der Waals surface area contributed by atoms with Gasteiger partial charge in [-0.25, -0.2) is 4.79 Å². The van der Waals surface area contributed by atoms with Crippen LogP contribution in [0.5, 0.6) is 0 Å². The smallest absolute Gasteiger partial charge is 0.331 e. The molecule has 4 aromatic rings. The van der Waals surface area contributed by atoms with Gasteiger partial charge in [0, 0.05) is 20.6 Å². The van der Waals surface area contributed by atoms with Crippen molar-refractivity contribution in [2.45, 2.75) is 19.6 Å². The average molecular weight is 426 g/mol. The molecule has 1 aliphatic rings. The minimum absolute atomic E-state index is 0.320. The predicted molar refractivity (Wildman–Crippen MR) is 122 cm³/mol. The molecule has 0 bridgehead atoms. The van der Waals surface area contributed by atoms with Crippen molar-refractivity contribution in [3.8, 4) is 17.3 Å². The highest BCUT2D eigenvalue weighted by molar-refractivity contribution is 5.96. The number of aromatic nitrogens is 3. The fourth-order valence-electron chi connectivity index (χ4n) is 4.58. The molecule has 7 heteroatoms. The average Bonchev–Trinajstić information content (AvgIpc) is 3.17. The van der Waals surface area contributed by atoms with Crippen LogP contribution in [-0.2, 0) is 25.4 Å². The van der Waals surface area contributed by atoms with Crippen molar-refractivity contribution in [3.05, 3.63) is 91.8 Å². The molecule has 1 atom stereocenters. The van der Waals surface area contributed by atoms with Gasteiger partial charge in [0.2, 0.25) is 0 Å². The molecular formula is C25H22N4O3. The monoisotopic (exact) mass is 426 g/mol. The van der Waals surface area contributed by atoms with Crippen LogP contribution in [0.1, 0.15) is 28.5 Å². The van der Waals surface area contributed by atoms with Crippen LogP contribution in [-0.4, -0.2) is 20.3 Å². The van der Waals surface area contributed by atoms with E-state index in [0.717, 1.165) is 32.6 Å². The van der Waals surface area contributed by atoms with Crippen LogP contribution in [0.2, 0.25) is 0 Å². The van der Waals surface area contributed by atoms with Gasteiger partial charge in [-0.3, -0.25) is 13.9 Å². The molecule has 32 heavy (non-hydrogen) atoms. The molecule has 0 N–H and O–H groups in total. The van der Waals surface area contributed by atoms with Crippen LogP contribution >= 0.6 is 0 Å². The molecule has 5 rings (SSSR count). The van der Waals surface area contributed by atoms with E-state index in [1.165, 1.54) is 11.6 Å². The van der Waals surface area contributed by atoms with Crippen molar-refractivity contribution in [1.82, 2.24) is 13.7 Å². The topological polar surface area (TPSA) is 81.9 Å². The minimum atomic E-state index is -0.462. The van der Waals surface area contributed by atoms with Gasteiger partial charge in [0.05, 0.1) is 40.5 Å². The highest BCUT2D eigenvalue weighted by atomic mass is 16.5. The van der Waals surface area contributed by atoms with Gasteiger partial charge in [0.25, 0.3) is 5.56 Å². The second-order valence-corrected chi connectivity index (χ2v) is 8.17. The Hall–Kier alpha value is -3.89. The van der Waals surface area contributed by atoms with Crippen LogP contribution in [0.25, 0.3) is 22.2 Å². The standard InChI is InChI=1S/C25H22N4O3/c1-15-4-8-17(9-5-15)20-19-21(27(2)25(31)28(3)24(19)30)22-23(32-13-12-29(20)22)18-10-6-16(14-26)7-11-18/h4-11,23H,12-13H2,1-3H3/t23-/m1/s1. The van der Waals surface area contributed by atoms with Gasteiger partial charge < -0.3 is 9.30 Å². The van der Waals surface area contributed by atoms with Gasteiger partial charge in [-0.1, -0.05) is 42.0 Å². The molecule has 2 aromatic heterocycles. The minimum Gasteiger partial charge on any atom is -0.365 e. The van der Waals surface area contributed by atoms with E-state index in [2.05, 4.69) is 10.6 Å². The normalized spacial score (nSPS) is 15.5. The number of nitriles is 1. The number of nitrogens with zero attached hydrogens (tertiary/aromatic N) is 4. The molecule has 3 heterocycles. The maximum absolute atomic E-state index is 13.4. The highest BCUT2D eigenvalue weighted by Gasteiger charge is 2.33. The maximum Gasteiger partial charge on any atom is 0.331 e. The van der Waals surface area contributed by atoms with E-state index in [9.17, 15) is 9.59 Å². The number of fused-ring (bicyclic) bond motifs is 3. The molecule has 160 valence electrons. The third-order valence-corrected chi connectivity index (χ3v) is 6.22. The second kappa shape index (κ2) is 7.36. The third-order valence-electron chi connectivity index (χ3n) is 6.22. The Balaban J connectivity index is 1.90. The lowest BCUT2D eigenvalue weighted by atomic mass is 10.0. The van der Waals surface area contributed by atoms with Crippen LogP contribution in [0.4, 0.5) is 0 Å². The summed E-state index contributed by atoms with van der Waals surface area (Å²) in [5.74, 6) is 0.